The normalized spacial score (nSPS) is 35.3. The Labute approximate surface area is 111 Å². The van der Waals surface area contributed by atoms with Gasteiger partial charge in [0, 0.05) is 0 Å². The minimum absolute atomic E-state index is 0.0377. The summed E-state index contributed by atoms with van der Waals surface area (Å²) in [5, 5.41) is 0. The molecule has 19 heavy (non-hydrogen) atoms. The van der Waals surface area contributed by atoms with Crippen LogP contribution in [0.25, 0.3) is 0 Å². The Morgan fingerprint density at radius 2 is 1.53 bits per heavy atom. The van der Waals surface area contributed by atoms with E-state index in [1.807, 2.05) is 30.3 Å². The topological polar surface area (TPSA) is 37.4 Å². The summed E-state index contributed by atoms with van der Waals surface area (Å²) in [7, 11) is 0. The van der Waals surface area contributed by atoms with Crippen molar-refractivity contribution in [1.82, 2.24) is 4.90 Å². The molecule has 2 amide bonds. The first-order valence-corrected chi connectivity index (χ1v) is 6.83. The van der Waals surface area contributed by atoms with Crippen molar-refractivity contribution in [2.75, 3.05) is 0 Å². The molecule has 1 heterocycles. The van der Waals surface area contributed by atoms with Crippen molar-refractivity contribution < 1.29 is 9.59 Å². The van der Waals surface area contributed by atoms with Crippen molar-refractivity contribution in [3.63, 3.8) is 0 Å². The molecule has 0 aromatic heterocycles. The Morgan fingerprint density at radius 3 is 2.11 bits per heavy atom. The highest BCUT2D eigenvalue weighted by molar-refractivity contribution is 6.06. The van der Waals surface area contributed by atoms with Crippen LogP contribution in [0.3, 0.4) is 0 Å². The molecule has 1 aliphatic heterocycles. The van der Waals surface area contributed by atoms with E-state index in [1.165, 1.54) is 4.90 Å². The van der Waals surface area contributed by atoms with E-state index < -0.39 is 0 Å². The predicted octanol–water partition coefficient (Wildman–Crippen LogP) is 1.99. The largest absolute Gasteiger partial charge is 0.278 e. The van der Waals surface area contributed by atoms with Gasteiger partial charge in [0.05, 0.1) is 18.4 Å². The van der Waals surface area contributed by atoms with E-state index in [2.05, 4.69) is 12.2 Å². The molecular formula is C16H15NO2. The minimum atomic E-state index is -0.0776. The molecule has 0 N–H and O–H groups in total. The second-order valence-corrected chi connectivity index (χ2v) is 5.75. The zero-order valence-corrected chi connectivity index (χ0v) is 10.5. The Hall–Kier alpha value is -1.90. The molecule has 3 aliphatic rings. The second-order valence-electron chi connectivity index (χ2n) is 5.75. The van der Waals surface area contributed by atoms with Crippen LogP contribution in [0, 0.1) is 23.7 Å². The number of hydrogen-bond acceptors (Lipinski definition) is 2. The van der Waals surface area contributed by atoms with Gasteiger partial charge in [-0.25, -0.2) is 0 Å². The van der Waals surface area contributed by atoms with Gasteiger partial charge in [-0.1, -0.05) is 42.5 Å². The van der Waals surface area contributed by atoms with Crippen molar-refractivity contribution in [2.45, 2.75) is 13.0 Å². The lowest BCUT2D eigenvalue weighted by atomic mass is 9.85. The standard InChI is InChI=1S/C16H15NO2/c18-15-13-11-6-7-12(8-11)14(13)16(19)17(15)9-10-4-2-1-3-5-10/h1-7,11-14H,8-9H2/t11-,12-,13-,14+/m0/s1. The van der Waals surface area contributed by atoms with Crippen molar-refractivity contribution in [3.05, 3.63) is 48.0 Å². The summed E-state index contributed by atoms with van der Waals surface area (Å²) in [5.74, 6) is 0.517. The van der Waals surface area contributed by atoms with Gasteiger partial charge in [-0.2, -0.15) is 0 Å². The van der Waals surface area contributed by atoms with E-state index in [0.717, 1.165) is 12.0 Å². The molecule has 4 atom stereocenters. The third-order valence-corrected chi connectivity index (χ3v) is 4.75. The number of fused-ring (bicyclic) bond motifs is 5. The van der Waals surface area contributed by atoms with Crippen LogP contribution in [-0.2, 0) is 16.1 Å². The summed E-state index contributed by atoms with van der Waals surface area (Å²) in [6, 6.07) is 9.73. The maximum absolute atomic E-state index is 12.5. The number of carbonyl (C=O) groups excluding carboxylic acids is 2. The third-order valence-electron chi connectivity index (χ3n) is 4.75. The van der Waals surface area contributed by atoms with E-state index >= 15 is 0 Å². The fourth-order valence-corrected chi connectivity index (χ4v) is 3.89. The van der Waals surface area contributed by atoms with Crippen molar-refractivity contribution in [3.8, 4) is 0 Å². The van der Waals surface area contributed by atoms with Gasteiger partial charge < -0.3 is 0 Å². The quantitative estimate of drug-likeness (QED) is 0.597. The van der Waals surface area contributed by atoms with Gasteiger partial charge in [0.1, 0.15) is 0 Å². The van der Waals surface area contributed by atoms with Crippen LogP contribution >= 0.6 is 0 Å². The number of nitrogens with zero attached hydrogens (tertiary/aromatic N) is 1. The van der Waals surface area contributed by atoms with Crippen molar-refractivity contribution >= 4 is 11.8 Å². The van der Waals surface area contributed by atoms with E-state index in [0.29, 0.717) is 18.4 Å². The van der Waals surface area contributed by atoms with Gasteiger partial charge in [0.15, 0.2) is 0 Å². The molecule has 2 fully saturated rings. The number of hydrogen-bond donors (Lipinski definition) is 0. The Bertz CT molecular complexity index is 548. The Kier molecular flexibility index (Phi) is 2.19. The number of amides is 2. The molecule has 0 spiro atoms. The van der Waals surface area contributed by atoms with Crippen LogP contribution in [0.4, 0.5) is 0 Å². The number of carbonyl (C=O) groups is 2. The van der Waals surface area contributed by atoms with Crippen LogP contribution in [0.1, 0.15) is 12.0 Å². The summed E-state index contributed by atoms with van der Waals surface area (Å²) in [4.78, 5) is 26.4. The zero-order chi connectivity index (χ0) is 13.0. The predicted molar refractivity (Wildman–Crippen MR) is 69.7 cm³/mol. The van der Waals surface area contributed by atoms with E-state index in [-0.39, 0.29) is 23.7 Å². The highest BCUT2D eigenvalue weighted by atomic mass is 16.2. The van der Waals surface area contributed by atoms with Crippen LogP contribution in [0.15, 0.2) is 42.5 Å². The molecule has 3 heteroatoms. The summed E-state index contributed by atoms with van der Waals surface area (Å²) >= 11 is 0. The summed E-state index contributed by atoms with van der Waals surface area (Å²) in [5.41, 5.74) is 1.02. The maximum atomic E-state index is 12.5. The third kappa shape index (κ3) is 1.44. The van der Waals surface area contributed by atoms with Crippen molar-refractivity contribution in [2.24, 2.45) is 23.7 Å². The van der Waals surface area contributed by atoms with E-state index in [1.54, 1.807) is 0 Å². The molecular weight excluding hydrogens is 238 g/mol. The first-order valence-electron chi connectivity index (χ1n) is 6.83. The summed E-state index contributed by atoms with van der Waals surface area (Å²) in [6.07, 6.45) is 5.25. The van der Waals surface area contributed by atoms with Crippen LogP contribution < -0.4 is 0 Å². The van der Waals surface area contributed by atoms with Gasteiger partial charge in [-0.15, -0.1) is 0 Å². The second kappa shape index (κ2) is 3.80. The maximum Gasteiger partial charge on any atom is 0.234 e. The van der Waals surface area contributed by atoms with Crippen LogP contribution in [-0.4, -0.2) is 16.7 Å². The smallest absolute Gasteiger partial charge is 0.234 e. The van der Waals surface area contributed by atoms with Crippen molar-refractivity contribution in [1.29, 1.82) is 0 Å². The molecule has 1 saturated heterocycles. The first kappa shape index (κ1) is 11.0. The lowest BCUT2D eigenvalue weighted by Gasteiger charge is -2.17. The van der Waals surface area contributed by atoms with Gasteiger partial charge in [-0.3, -0.25) is 14.5 Å². The Morgan fingerprint density at radius 1 is 0.947 bits per heavy atom. The van der Waals surface area contributed by atoms with Gasteiger partial charge in [0.2, 0.25) is 11.8 Å². The summed E-state index contributed by atoms with van der Waals surface area (Å²) < 4.78 is 0. The number of likely N-dealkylation sites (tertiary alicyclic amines) is 1. The Balaban J connectivity index is 1.62. The molecule has 0 unspecified atom stereocenters. The fourth-order valence-electron chi connectivity index (χ4n) is 3.89. The summed E-state index contributed by atoms with van der Waals surface area (Å²) in [6.45, 7) is 0.422. The van der Waals surface area contributed by atoms with Gasteiger partial charge >= 0.3 is 0 Å². The number of rotatable bonds is 2. The highest BCUT2D eigenvalue weighted by Crippen LogP contribution is 2.52. The van der Waals surface area contributed by atoms with Crippen LogP contribution in [0.5, 0.6) is 0 Å². The molecule has 1 aromatic carbocycles. The number of benzene rings is 1. The molecule has 4 rings (SSSR count). The molecule has 0 radical (unpaired) electrons. The highest BCUT2D eigenvalue weighted by Gasteiger charge is 2.58. The van der Waals surface area contributed by atoms with Gasteiger partial charge in [0.25, 0.3) is 0 Å². The molecule has 3 nitrogen and oxygen atoms in total. The molecule has 2 bridgehead atoms. The fraction of sp³-hybridized carbons (Fsp3) is 0.375. The monoisotopic (exact) mass is 253 g/mol. The molecule has 2 aliphatic carbocycles. The van der Waals surface area contributed by atoms with Crippen LogP contribution in [0.2, 0.25) is 0 Å². The molecule has 96 valence electrons. The number of imide groups is 1. The zero-order valence-electron chi connectivity index (χ0n) is 10.5. The average Bonchev–Trinajstić information content (AvgIpc) is 3.10. The lowest BCUT2D eigenvalue weighted by Crippen LogP contribution is -2.32. The minimum Gasteiger partial charge on any atom is -0.278 e. The first-order chi connectivity index (χ1) is 9.25. The lowest BCUT2D eigenvalue weighted by molar-refractivity contribution is -0.141. The average molecular weight is 253 g/mol. The number of allylic oxidation sites excluding steroid dienone is 2. The molecule has 1 aromatic rings. The van der Waals surface area contributed by atoms with Gasteiger partial charge in [-0.05, 0) is 23.8 Å². The molecule has 1 saturated carbocycles. The van der Waals surface area contributed by atoms with E-state index in [4.69, 9.17) is 0 Å². The SMILES string of the molecule is O=C1[C@@H]2[C@H](C(=O)N1Cc1ccccc1)[C@H]1C=C[C@H]2C1. The van der Waals surface area contributed by atoms with E-state index in [9.17, 15) is 9.59 Å².